The Bertz CT molecular complexity index is 602. The van der Waals surface area contributed by atoms with Gasteiger partial charge in [-0.2, -0.15) is 13.2 Å². The fraction of sp³-hybridized carbons (Fsp3) is 0.467. The Morgan fingerprint density at radius 3 is 1.60 bits per heavy atom. The van der Waals surface area contributed by atoms with Gasteiger partial charge in [0.1, 0.15) is 11.5 Å². The lowest BCUT2D eigenvalue weighted by atomic mass is 10.2. The summed E-state index contributed by atoms with van der Waals surface area (Å²) in [5, 5.41) is 0. The average Bonchev–Trinajstić information content (AvgIpc) is 2.55. The van der Waals surface area contributed by atoms with E-state index in [1.807, 2.05) is 0 Å². The molecule has 6 nitrogen and oxygen atoms in total. The number of rotatable bonds is 6. The monoisotopic (exact) mass is 476 g/mol. The lowest BCUT2D eigenvalue weighted by Gasteiger charge is -2.20. The van der Waals surface area contributed by atoms with Crippen LogP contribution >= 0.6 is 22.6 Å². The number of alkyl halides is 3. The maximum atomic E-state index is 13.1. The normalized spacial score (nSPS) is 13.6. The summed E-state index contributed by atoms with van der Waals surface area (Å²) in [4.78, 5) is 22.9. The van der Waals surface area contributed by atoms with Gasteiger partial charge in [0.05, 0.1) is 23.4 Å². The molecule has 0 radical (unpaired) electrons. The predicted molar refractivity (Wildman–Crippen MR) is 88.4 cm³/mol. The summed E-state index contributed by atoms with van der Waals surface area (Å²) >= 11 is 1.70. The van der Waals surface area contributed by atoms with Crippen LogP contribution in [0.15, 0.2) is 12.1 Å². The summed E-state index contributed by atoms with van der Waals surface area (Å²) in [6.45, 7) is 2.67. The second-order valence-corrected chi connectivity index (χ2v) is 5.93. The standard InChI is InChI=1S/C15H16F3IO6/c1-7(13(20)22-3)24-10-5-9(15(16,17)18)6-11(12(10)19)25-8(2)14(21)23-4/h5-8H,1-4H3/t7-,8-/m1/s1. The van der Waals surface area contributed by atoms with Crippen LogP contribution in [0.4, 0.5) is 13.2 Å². The van der Waals surface area contributed by atoms with Crippen molar-refractivity contribution in [3.63, 3.8) is 0 Å². The van der Waals surface area contributed by atoms with E-state index < -0.39 is 35.9 Å². The van der Waals surface area contributed by atoms with Crippen molar-refractivity contribution < 1.29 is 41.7 Å². The molecule has 0 aliphatic rings. The van der Waals surface area contributed by atoms with E-state index in [1.165, 1.54) is 13.8 Å². The lowest BCUT2D eigenvalue weighted by Crippen LogP contribution is -2.27. The van der Waals surface area contributed by atoms with E-state index >= 15 is 0 Å². The molecular formula is C15H16F3IO6. The molecule has 1 aromatic carbocycles. The molecule has 0 aliphatic heterocycles. The number of methoxy groups -OCH3 is 2. The topological polar surface area (TPSA) is 71.1 Å². The number of hydrogen-bond donors (Lipinski definition) is 0. The van der Waals surface area contributed by atoms with Crippen molar-refractivity contribution in [3.8, 4) is 11.5 Å². The maximum Gasteiger partial charge on any atom is 0.416 e. The Morgan fingerprint density at radius 1 is 0.960 bits per heavy atom. The molecule has 0 unspecified atom stereocenters. The van der Waals surface area contributed by atoms with Gasteiger partial charge in [0.2, 0.25) is 0 Å². The summed E-state index contributed by atoms with van der Waals surface area (Å²) in [6.07, 6.45) is -6.94. The van der Waals surface area contributed by atoms with Gasteiger partial charge in [0, 0.05) is 0 Å². The van der Waals surface area contributed by atoms with Gasteiger partial charge in [-0.05, 0) is 48.6 Å². The van der Waals surface area contributed by atoms with Crippen molar-refractivity contribution >= 4 is 34.5 Å². The van der Waals surface area contributed by atoms with E-state index in [9.17, 15) is 22.8 Å². The highest BCUT2D eigenvalue weighted by atomic mass is 127. The van der Waals surface area contributed by atoms with Crippen molar-refractivity contribution in [3.05, 3.63) is 21.3 Å². The number of carbonyl (C=O) groups excluding carboxylic acids is 2. The lowest BCUT2D eigenvalue weighted by molar-refractivity contribution is -0.148. The SMILES string of the molecule is COC(=O)[C@@H](C)Oc1cc(C(F)(F)F)cc(O[C@H](C)C(=O)OC)c1I. The quantitative estimate of drug-likeness (QED) is 0.464. The van der Waals surface area contributed by atoms with Crippen LogP contribution in [0.3, 0.4) is 0 Å². The molecule has 2 atom stereocenters. The zero-order valence-electron chi connectivity index (χ0n) is 13.8. The van der Waals surface area contributed by atoms with E-state index in [2.05, 4.69) is 9.47 Å². The predicted octanol–water partition coefficient (Wildman–Crippen LogP) is 3.19. The third kappa shape index (κ3) is 5.65. The van der Waals surface area contributed by atoms with E-state index in [0.29, 0.717) is 0 Å². The highest BCUT2D eigenvalue weighted by Crippen LogP contribution is 2.39. The summed E-state index contributed by atoms with van der Waals surface area (Å²) in [5.74, 6) is -1.95. The second-order valence-electron chi connectivity index (χ2n) is 4.85. The molecule has 0 N–H and O–H groups in total. The highest BCUT2D eigenvalue weighted by molar-refractivity contribution is 14.1. The minimum atomic E-state index is -4.68. The van der Waals surface area contributed by atoms with Gasteiger partial charge >= 0.3 is 18.1 Å². The van der Waals surface area contributed by atoms with E-state index in [0.717, 1.165) is 26.4 Å². The molecule has 1 rings (SSSR count). The van der Waals surface area contributed by atoms with Crippen LogP contribution in [0.2, 0.25) is 0 Å². The van der Waals surface area contributed by atoms with Crippen LogP contribution in [0.5, 0.6) is 11.5 Å². The molecule has 0 heterocycles. The molecule has 0 aliphatic carbocycles. The van der Waals surface area contributed by atoms with Gasteiger partial charge in [0.15, 0.2) is 12.2 Å². The highest BCUT2D eigenvalue weighted by Gasteiger charge is 2.34. The molecule has 140 valence electrons. The van der Waals surface area contributed by atoms with Gasteiger partial charge in [-0.15, -0.1) is 0 Å². The average molecular weight is 476 g/mol. The largest absolute Gasteiger partial charge is 0.478 e. The molecule has 25 heavy (non-hydrogen) atoms. The van der Waals surface area contributed by atoms with E-state index in [4.69, 9.17) is 9.47 Å². The first kappa shape index (κ1) is 21.3. The Labute approximate surface area is 155 Å². The number of halogens is 4. The van der Waals surface area contributed by atoms with Crippen molar-refractivity contribution in [2.24, 2.45) is 0 Å². The molecule has 10 heteroatoms. The van der Waals surface area contributed by atoms with Crippen LogP contribution in [0, 0.1) is 3.57 Å². The Kier molecular flexibility index (Phi) is 7.32. The van der Waals surface area contributed by atoms with Gasteiger partial charge in [-0.1, -0.05) is 0 Å². The smallest absolute Gasteiger partial charge is 0.416 e. The maximum absolute atomic E-state index is 13.1. The van der Waals surface area contributed by atoms with Crippen LogP contribution in [-0.2, 0) is 25.2 Å². The van der Waals surface area contributed by atoms with Crippen LogP contribution in [0.1, 0.15) is 19.4 Å². The van der Waals surface area contributed by atoms with Gasteiger partial charge in [-0.25, -0.2) is 9.59 Å². The molecule has 1 aromatic rings. The summed E-state index contributed by atoms with van der Waals surface area (Å²) in [5.41, 5.74) is -1.05. The van der Waals surface area contributed by atoms with Crippen LogP contribution in [-0.4, -0.2) is 38.4 Å². The molecule has 0 aromatic heterocycles. The Hall–Kier alpha value is -1.72. The number of hydrogen-bond acceptors (Lipinski definition) is 6. The first-order chi connectivity index (χ1) is 11.5. The minimum absolute atomic E-state index is 0.164. The fourth-order valence-corrected chi connectivity index (χ4v) is 2.28. The van der Waals surface area contributed by atoms with Gasteiger partial charge in [-0.3, -0.25) is 0 Å². The fourth-order valence-electron chi connectivity index (χ4n) is 1.72. The zero-order valence-corrected chi connectivity index (χ0v) is 15.9. The Morgan fingerprint density at radius 2 is 1.32 bits per heavy atom. The van der Waals surface area contributed by atoms with Gasteiger partial charge in [0.25, 0.3) is 0 Å². The summed E-state index contributed by atoms with van der Waals surface area (Å²) in [7, 11) is 2.26. The third-order valence-electron chi connectivity index (χ3n) is 3.01. The van der Waals surface area contributed by atoms with Crippen LogP contribution < -0.4 is 9.47 Å². The first-order valence-corrected chi connectivity index (χ1v) is 7.98. The molecule has 0 fully saturated rings. The molecule has 0 bridgehead atoms. The first-order valence-electron chi connectivity index (χ1n) is 6.91. The number of benzene rings is 1. The van der Waals surface area contributed by atoms with Crippen molar-refractivity contribution in [1.82, 2.24) is 0 Å². The third-order valence-corrected chi connectivity index (χ3v) is 4.07. The zero-order chi connectivity index (χ0) is 19.4. The number of ether oxygens (including phenoxy) is 4. The molecular weight excluding hydrogens is 460 g/mol. The van der Waals surface area contributed by atoms with E-state index in [-0.39, 0.29) is 15.1 Å². The molecule has 0 saturated carbocycles. The number of esters is 2. The number of carbonyl (C=O) groups is 2. The van der Waals surface area contributed by atoms with Crippen molar-refractivity contribution in [2.75, 3.05) is 14.2 Å². The second kappa shape index (κ2) is 8.59. The van der Waals surface area contributed by atoms with Crippen molar-refractivity contribution in [2.45, 2.75) is 32.2 Å². The summed E-state index contributed by atoms with van der Waals surface area (Å²) < 4.78 is 59.0. The molecule has 0 saturated heterocycles. The molecule has 0 spiro atoms. The molecule has 0 amide bonds. The van der Waals surface area contributed by atoms with Crippen LogP contribution in [0.25, 0.3) is 0 Å². The summed E-state index contributed by atoms with van der Waals surface area (Å²) in [6, 6.07) is 1.49. The van der Waals surface area contributed by atoms with Gasteiger partial charge < -0.3 is 18.9 Å². The minimum Gasteiger partial charge on any atom is -0.478 e. The van der Waals surface area contributed by atoms with E-state index in [1.54, 1.807) is 22.6 Å². The Balaban J connectivity index is 3.29. The van der Waals surface area contributed by atoms with Crippen molar-refractivity contribution in [1.29, 1.82) is 0 Å².